The van der Waals surface area contributed by atoms with E-state index < -0.39 is 0 Å². The molecule has 1 nitrogen and oxygen atoms in total. The van der Waals surface area contributed by atoms with Crippen LogP contribution < -0.4 is 0 Å². The van der Waals surface area contributed by atoms with E-state index in [-0.39, 0.29) is 5.41 Å². The number of unbranched alkanes of at least 4 members (excludes halogenated alkanes) is 1. The predicted octanol–water partition coefficient (Wildman–Crippen LogP) is 3.58. The normalized spacial score (nSPS) is 23.5. The third kappa shape index (κ3) is 1.65. The molecule has 1 aliphatic carbocycles. The van der Waals surface area contributed by atoms with Gasteiger partial charge in [0.2, 0.25) is 0 Å². The molecule has 2 rings (SSSR count). The molecule has 78 valence electrons. The lowest BCUT2D eigenvalue weighted by atomic mass is 9.79. The van der Waals surface area contributed by atoms with Crippen LogP contribution in [-0.4, -0.2) is 0 Å². The van der Waals surface area contributed by atoms with Crippen molar-refractivity contribution >= 4 is 0 Å². The summed E-state index contributed by atoms with van der Waals surface area (Å²) in [6, 6.07) is 11.0. The highest BCUT2D eigenvalue weighted by molar-refractivity contribution is 5.43. The Morgan fingerprint density at radius 2 is 2.20 bits per heavy atom. The third-order valence-corrected chi connectivity index (χ3v) is 3.53. The van der Waals surface area contributed by atoms with Gasteiger partial charge < -0.3 is 0 Å². The molecule has 1 aliphatic rings. The Hall–Kier alpha value is -1.29. The second-order valence-electron chi connectivity index (χ2n) is 4.45. The molecule has 0 N–H and O–H groups in total. The Morgan fingerprint density at radius 3 is 2.93 bits per heavy atom. The molecular weight excluding hydrogens is 182 g/mol. The van der Waals surface area contributed by atoms with E-state index >= 15 is 0 Å². The molecule has 0 amide bonds. The van der Waals surface area contributed by atoms with E-state index in [0.29, 0.717) is 0 Å². The molecule has 0 bridgehead atoms. The Kier molecular flexibility index (Phi) is 2.77. The Labute approximate surface area is 91.7 Å². The minimum absolute atomic E-state index is 0.174. The van der Waals surface area contributed by atoms with Crippen molar-refractivity contribution in [3.05, 3.63) is 35.4 Å². The zero-order chi connectivity index (χ0) is 10.7. The summed E-state index contributed by atoms with van der Waals surface area (Å²) < 4.78 is 0. The fourth-order valence-corrected chi connectivity index (χ4v) is 2.60. The maximum Gasteiger partial charge on any atom is 0.0828 e. The minimum Gasteiger partial charge on any atom is -0.197 e. The fraction of sp³-hybridized carbons (Fsp3) is 0.500. The number of nitriles is 1. The summed E-state index contributed by atoms with van der Waals surface area (Å²) in [5, 5.41) is 9.44. The lowest BCUT2D eigenvalue weighted by molar-refractivity contribution is 0.477. The van der Waals surface area contributed by atoms with Gasteiger partial charge in [0, 0.05) is 0 Å². The van der Waals surface area contributed by atoms with Gasteiger partial charge in [-0.3, -0.25) is 0 Å². The van der Waals surface area contributed by atoms with E-state index in [9.17, 15) is 5.26 Å². The van der Waals surface area contributed by atoms with Crippen LogP contribution in [0.3, 0.4) is 0 Å². The number of fused-ring (bicyclic) bond motifs is 1. The molecule has 1 unspecified atom stereocenters. The number of nitrogens with zero attached hydrogens (tertiary/aromatic N) is 1. The fourth-order valence-electron chi connectivity index (χ4n) is 2.60. The standard InChI is InChI=1S/C14H17N/c1-2-3-9-14(11-15)10-8-12-6-4-5-7-13(12)14/h4-7H,2-3,8-10H2,1H3. The molecule has 1 aromatic carbocycles. The monoisotopic (exact) mass is 199 g/mol. The summed E-state index contributed by atoms with van der Waals surface area (Å²) in [5.74, 6) is 0. The van der Waals surface area contributed by atoms with E-state index in [2.05, 4.69) is 37.3 Å². The van der Waals surface area contributed by atoms with Crippen LogP contribution in [-0.2, 0) is 11.8 Å². The van der Waals surface area contributed by atoms with Crippen LogP contribution in [0.4, 0.5) is 0 Å². The average molecular weight is 199 g/mol. The summed E-state index contributed by atoms with van der Waals surface area (Å²) in [5.41, 5.74) is 2.50. The molecule has 0 aromatic heterocycles. The molecule has 0 radical (unpaired) electrons. The van der Waals surface area contributed by atoms with Gasteiger partial charge in [0.25, 0.3) is 0 Å². The van der Waals surface area contributed by atoms with Crippen LogP contribution in [0.15, 0.2) is 24.3 Å². The van der Waals surface area contributed by atoms with E-state index in [1.165, 1.54) is 17.5 Å². The van der Waals surface area contributed by atoms with Crippen molar-refractivity contribution < 1.29 is 0 Å². The lowest BCUT2D eigenvalue weighted by Gasteiger charge is -2.21. The zero-order valence-electron chi connectivity index (χ0n) is 9.29. The van der Waals surface area contributed by atoms with E-state index in [1.807, 2.05) is 0 Å². The van der Waals surface area contributed by atoms with Gasteiger partial charge in [0.05, 0.1) is 11.5 Å². The summed E-state index contributed by atoms with van der Waals surface area (Å²) in [6.45, 7) is 2.19. The molecule has 0 fully saturated rings. The first-order chi connectivity index (χ1) is 7.32. The van der Waals surface area contributed by atoms with Gasteiger partial charge in [0.1, 0.15) is 0 Å². The largest absolute Gasteiger partial charge is 0.197 e. The van der Waals surface area contributed by atoms with E-state index in [1.54, 1.807) is 0 Å². The number of hydrogen-bond donors (Lipinski definition) is 0. The Bertz CT molecular complexity index is 389. The van der Waals surface area contributed by atoms with Crippen LogP contribution in [0.25, 0.3) is 0 Å². The van der Waals surface area contributed by atoms with Crippen molar-refractivity contribution in [1.82, 2.24) is 0 Å². The van der Waals surface area contributed by atoms with E-state index in [0.717, 1.165) is 25.7 Å². The number of aryl methyl sites for hydroxylation is 1. The predicted molar refractivity (Wildman–Crippen MR) is 61.6 cm³/mol. The maximum atomic E-state index is 9.44. The molecule has 0 heterocycles. The van der Waals surface area contributed by atoms with Gasteiger partial charge in [-0.15, -0.1) is 0 Å². The second-order valence-corrected chi connectivity index (χ2v) is 4.45. The van der Waals surface area contributed by atoms with Gasteiger partial charge in [-0.1, -0.05) is 44.0 Å². The highest BCUT2D eigenvalue weighted by Crippen LogP contribution is 2.41. The smallest absolute Gasteiger partial charge is 0.0828 e. The lowest BCUT2D eigenvalue weighted by Crippen LogP contribution is -2.20. The summed E-state index contributed by atoms with van der Waals surface area (Å²) in [7, 11) is 0. The maximum absolute atomic E-state index is 9.44. The Morgan fingerprint density at radius 1 is 1.40 bits per heavy atom. The first-order valence-electron chi connectivity index (χ1n) is 5.82. The van der Waals surface area contributed by atoms with Crippen molar-refractivity contribution in [2.45, 2.75) is 44.4 Å². The molecular formula is C14H17N. The first-order valence-corrected chi connectivity index (χ1v) is 5.82. The second kappa shape index (κ2) is 4.06. The number of benzene rings is 1. The molecule has 1 heteroatoms. The quantitative estimate of drug-likeness (QED) is 0.730. The molecule has 0 aliphatic heterocycles. The topological polar surface area (TPSA) is 23.8 Å². The van der Waals surface area contributed by atoms with Gasteiger partial charge in [-0.05, 0) is 30.4 Å². The Balaban J connectivity index is 2.34. The van der Waals surface area contributed by atoms with Crippen LogP contribution in [0.5, 0.6) is 0 Å². The van der Waals surface area contributed by atoms with Gasteiger partial charge in [0.15, 0.2) is 0 Å². The number of hydrogen-bond acceptors (Lipinski definition) is 1. The molecule has 0 saturated heterocycles. The average Bonchev–Trinajstić information content (AvgIpc) is 2.66. The van der Waals surface area contributed by atoms with Crippen molar-refractivity contribution in [2.75, 3.05) is 0 Å². The molecule has 1 atom stereocenters. The summed E-state index contributed by atoms with van der Waals surface area (Å²) >= 11 is 0. The SMILES string of the molecule is CCCCC1(C#N)CCc2ccccc21. The van der Waals surface area contributed by atoms with Crippen molar-refractivity contribution in [1.29, 1.82) is 5.26 Å². The van der Waals surface area contributed by atoms with Gasteiger partial charge >= 0.3 is 0 Å². The third-order valence-electron chi connectivity index (χ3n) is 3.53. The van der Waals surface area contributed by atoms with Crippen LogP contribution in [0, 0.1) is 11.3 Å². The number of rotatable bonds is 3. The van der Waals surface area contributed by atoms with Crippen LogP contribution in [0.2, 0.25) is 0 Å². The van der Waals surface area contributed by atoms with Crippen molar-refractivity contribution in [2.24, 2.45) is 0 Å². The minimum atomic E-state index is -0.174. The molecule has 1 aromatic rings. The highest BCUT2D eigenvalue weighted by atomic mass is 14.4. The zero-order valence-corrected chi connectivity index (χ0v) is 9.29. The molecule has 0 spiro atoms. The highest BCUT2D eigenvalue weighted by Gasteiger charge is 2.37. The van der Waals surface area contributed by atoms with Crippen molar-refractivity contribution in [3.63, 3.8) is 0 Å². The van der Waals surface area contributed by atoms with E-state index in [4.69, 9.17) is 0 Å². The summed E-state index contributed by atoms with van der Waals surface area (Å²) in [6.07, 6.45) is 5.45. The first kappa shape index (κ1) is 10.2. The molecule has 0 saturated carbocycles. The van der Waals surface area contributed by atoms with Crippen LogP contribution >= 0.6 is 0 Å². The van der Waals surface area contributed by atoms with Gasteiger partial charge in [-0.25, -0.2) is 0 Å². The van der Waals surface area contributed by atoms with Crippen LogP contribution in [0.1, 0.15) is 43.7 Å². The summed E-state index contributed by atoms with van der Waals surface area (Å²) in [4.78, 5) is 0. The van der Waals surface area contributed by atoms with Crippen molar-refractivity contribution in [3.8, 4) is 6.07 Å². The molecule has 15 heavy (non-hydrogen) atoms. The van der Waals surface area contributed by atoms with Gasteiger partial charge in [-0.2, -0.15) is 5.26 Å².